The second kappa shape index (κ2) is 6.03. The highest BCUT2D eigenvalue weighted by Crippen LogP contribution is 2.59. The largest absolute Gasteiger partial charge is 0.436 e. The molecule has 1 aromatic carbocycles. The third kappa shape index (κ3) is 3.12. The summed E-state index contributed by atoms with van der Waals surface area (Å²) in [7, 11) is 0. The second-order valence-corrected chi connectivity index (χ2v) is 7.29. The maximum absolute atomic E-state index is 6.11. The fraction of sp³-hybridized carbons (Fsp3) is 0.333. The van der Waals surface area contributed by atoms with Crippen LogP contribution in [0.1, 0.15) is 25.3 Å². The van der Waals surface area contributed by atoms with Gasteiger partial charge in [0, 0.05) is 16.4 Å². The van der Waals surface area contributed by atoms with Crippen molar-refractivity contribution in [1.82, 2.24) is 10.2 Å². The van der Waals surface area contributed by atoms with Gasteiger partial charge in [-0.05, 0) is 24.7 Å². The predicted octanol–water partition coefficient (Wildman–Crippen LogP) is 5.32. The van der Waals surface area contributed by atoms with E-state index in [0.29, 0.717) is 5.02 Å². The molecule has 1 fully saturated rings. The van der Waals surface area contributed by atoms with Crippen molar-refractivity contribution < 1.29 is 4.74 Å². The number of thioether (sulfide) groups is 1. The molecule has 2 aromatic rings. The van der Waals surface area contributed by atoms with E-state index >= 15 is 0 Å². The van der Waals surface area contributed by atoms with Crippen LogP contribution in [0.15, 0.2) is 30.3 Å². The highest BCUT2D eigenvalue weighted by Gasteiger charge is 2.46. The van der Waals surface area contributed by atoms with Gasteiger partial charge in [-0.1, -0.05) is 48.3 Å². The van der Waals surface area contributed by atoms with E-state index in [9.17, 15) is 0 Å². The molecule has 1 aromatic heterocycles. The Morgan fingerprint density at radius 3 is 2.67 bits per heavy atom. The molecule has 1 aliphatic rings. The summed E-state index contributed by atoms with van der Waals surface area (Å²) in [6, 6.07) is 9.57. The normalized spacial score (nSPS) is 15.8. The SMILES string of the molecule is CCSC1(c2ccccc2Oc2nnc(Cl)cc2Cl)CC1. The van der Waals surface area contributed by atoms with Crippen LogP contribution in [0.4, 0.5) is 0 Å². The highest BCUT2D eigenvalue weighted by molar-refractivity contribution is 8.00. The van der Waals surface area contributed by atoms with Crippen LogP contribution in [0.25, 0.3) is 0 Å². The number of para-hydroxylation sites is 1. The van der Waals surface area contributed by atoms with Crippen molar-refractivity contribution in [2.45, 2.75) is 24.5 Å². The molecule has 0 spiro atoms. The van der Waals surface area contributed by atoms with Crippen LogP contribution < -0.4 is 4.74 Å². The lowest BCUT2D eigenvalue weighted by Crippen LogP contribution is -2.04. The summed E-state index contributed by atoms with van der Waals surface area (Å²) in [6.07, 6.45) is 2.35. The van der Waals surface area contributed by atoms with Crippen molar-refractivity contribution in [2.75, 3.05) is 5.75 Å². The number of aromatic nitrogens is 2. The van der Waals surface area contributed by atoms with E-state index in [1.165, 1.54) is 24.5 Å². The van der Waals surface area contributed by atoms with Crippen LogP contribution in [0.2, 0.25) is 10.2 Å². The third-order valence-corrected chi connectivity index (χ3v) is 5.32. The molecule has 0 atom stereocenters. The highest BCUT2D eigenvalue weighted by atomic mass is 35.5. The molecule has 0 amide bonds. The molecular weight excluding hydrogens is 327 g/mol. The van der Waals surface area contributed by atoms with Gasteiger partial charge in [-0.15, -0.1) is 10.2 Å². The van der Waals surface area contributed by atoms with Crippen LogP contribution in [0, 0.1) is 0 Å². The molecule has 3 rings (SSSR count). The van der Waals surface area contributed by atoms with Crippen LogP contribution in [0.3, 0.4) is 0 Å². The number of benzene rings is 1. The maximum atomic E-state index is 6.11. The summed E-state index contributed by atoms with van der Waals surface area (Å²) < 4.78 is 6.07. The lowest BCUT2D eigenvalue weighted by atomic mass is 10.1. The Bertz CT molecular complexity index is 662. The van der Waals surface area contributed by atoms with Crippen molar-refractivity contribution in [2.24, 2.45) is 0 Å². The zero-order valence-corrected chi connectivity index (χ0v) is 13.8. The van der Waals surface area contributed by atoms with E-state index in [2.05, 4.69) is 23.2 Å². The second-order valence-electron chi connectivity index (χ2n) is 4.85. The smallest absolute Gasteiger partial charge is 0.257 e. The molecule has 1 heterocycles. The van der Waals surface area contributed by atoms with Crippen molar-refractivity contribution in [1.29, 1.82) is 0 Å². The van der Waals surface area contributed by atoms with E-state index in [-0.39, 0.29) is 15.8 Å². The zero-order valence-electron chi connectivity index (χ0n) is 11.5. The van der Waals surface area contributed by atoms with Gasteiger partial charge >= 0.3 is 0 Å². The maximum Gasteiger partial charge on any atom is 0.257 e. The van der Waals surface area contributed by atoms with Crippen LogP contribution in [-0.4, -0.2) is 16.0 Å². The Hall–Kier alpha value is -0.970. The lowest BCUT2D eigenvalue weighted by Gasteiger charge is -2.18. The minimum absolute atomic E-state index is 0.178. The Balaban J connectivity index is 1.93. The Morgan fingerprint density at radius 2 is 2.00 bits per heavy atom. The van der Waals surface area contributed by atoms with Gasteiger partial charge in [-0.25, -0.2) is 0 Å². The molecule has 6 heteroatoms. The minimum Gasteiger partial charge on any atom is -0.436 e. The number of nitrogens with zero attached hydrogens (tertiary/aromatic N) is 2. The standard InChI is InChI=1S/C15H14Cl2N2OS/c1-2-21-15(7-8-15)10-5-3-4-6-12(10)20-14-11(16)9-13(17)18-19-14/h3-6,9H,2,7-8H2,1H3. The predicted molar refractivity (Wildman–Crippen MR) is 87.6 cm³/mol. The molecule has 110 valence electrons. The summed E-state index contributed by atoms with van der Waals surface area (Å²) in [4.78, 5) is 0. The molecule has 0 radical (unpaired) electrons. The van der Waals surface area contributed by atoms with E-state index in [1.54, 1.807) is 0 Å². The average molecular weight is 341 g/mol. The topological polar surface area (TPSA) is 35.0 Å². The minimum atomic E-state index is 0.178. The Kier molecular flexibility index (Phi) is 4.29. The lowest BCUT2D eigenvalue weighted by molar-refractivity contribution is 0.449. The number of hydrogen-bond donors (Lipinski definition) is 0. The summed E-state index contributed by atoms with van der Waals surface area (Å²) >= 11 is 13.8. The molecular formula is C15H14Cl2N2OS. The van der Waals surface area contributed by atoms with Crippen LogP contribution in [0.5, 0.6) is 11.6 Å². The number of halogens is 2. The number of hydrogen-bond acceptors (Lipinski definition) is 4. The quantitative estimate of drug-likeness (QED) is 0.737. The monoisotopic (exact) mass is 340 g/mol. The Labute approximate surface area is 138 Å². The van der Waals surface area contributed by atoms with Crippen LogP contribution >= 0.6 is 35.0 Å². The van der Waals surface area contributed by atoms with E-state index < -0.39 is 0 Å². The van der Waals surface area contributed by atoms with Crippen molar-refractivity contribution in [3.63, 3.8) is 0 Å². The molecule has 0 aliphatic heterocycles. The fourth-order valence-electron chi connectivity index (χ4n) is 2.32. The molecule has 1 saturated carbocycles. The molecule has 1 aliphatic carbocycles. The number of rotatable bonds is 5. The van der Waals surface area contributed by atoms with E-state index in [1.807, 2.05) is 30.0 Å². The van der Waals surface area contributed by atoms with E-state index in [0.717, 1.165) is 11.5 Å². The van der Waals surface area contributed by atoms with Gasteiger partial charge in [0.25, 0.3) is 5.88 Å². The summed E-state index contributed by atoms with van der Waals surface area (Å²) in [5, 5.41) is 8.31. The van der Waals surface area contributed by atoms with Gasteiger partial charge in [0.1, 0.15) is 10.8 Å². The first-order chi connectivity index (χ1) is 10.1. The molecule has 0 N–H and O–H groups in total. The fourth-order valence-corrected chi connectivity index (χ4v) is 3.97. The number of ether oxygens (including phenoxy) is 1. The first kappa shape index (κ1) is 14.9. The van der Waals surface area contributed by atoms with Gasteiger partial charge in [-0.3, -0.25) is 0 Å². The summed E-state index contributed by atoms with van der Waals surface area (Å²) in [5.41, 5.74) is 1.20. The first-order valence-corrected chi connectivity index (χ1v) is 8.49. The zero-order chi connectivity index (χ0) is 14.9. The van der Waals surface area contributed by atoms with Crippen molar-refractivity contribution in [3.05, 3.63) is 46.1 Å². The molecule has 0 bridgehead atoms. The average Bonchev–Trinajstić information content (AvgIpc) is 3.24. The third-order valence-electron chi connectivity index (χ3n) is 3.40. The molecule has 0 unspecified atom stereocenters. The Morgan fingerprint density at radius 1 is 1.24 bits per heavy atom. The molecule has 0 saturated heterocycles. The van der Waals surface area contributed by atoms with Gasteiger partial charge in [-0.2, -0.15) is 11.8 Å². The van der Waals surface area contributed by atoms with Crippen LogP contribution in [-0.2, 0) is 4.75 Å². The van der Waals surface area contributed by atoms with E-state index in [4.69, 9.17) is 27.9 Å². The molecule has 3 nitrogen and oxygen atoms in total. The summed E-state index contributed by atoms with van der Waals surface area (Å²) in [5.74, 6) is 2.15. The van der Waals surface area contributed by atoms with Crippen molar-refractivity contribution >= 4 is 35.0 Å². The molecule has 21 heavy (non-hydrogen) atoms. The van der Waals surface area contributed by atoms with Gasteiger partial charge in [0.05, 0.1) is 0 Å². The van der Waals surface area contributed by atoms with Crippen molar-refractivity contribution in [3.8, 4) is 11.6 Å². The van der Waals surface area contributed by atoms with Gasteiger partial charge in [0.15, 0.2) is 5.15 Å². The van der Waals surface area contributed by atoms with Gasteiger partial charge in [0.2, 0.25) is 0 Å². The first-order valence-electron chi connectivity index (χ1n) is 6.75. The van der Waals surface area contributed by atoms with Gasteiger partial charge < -0.3 is 4.74 Å². The summed E-state index contributed by atoms with van der Waals surface area (Å²) in [6.45, 7) is 2.18.